The van der Waals surface area contributed by atoms with Crippen LogP contribution in [0.5, 0.6) is 5.75 Å². The minimum atomic E-state index is 0.532. The van der Waals surface area contributed by atoms with Gasteiger partial charge in [-0.2, -0.15) is 4.98 Å². The molecule has 0 amide bonds. The van der Waals surface area contributed by atoms with Gasteiger partial charge in [-0.25, -0.2) is 4.98 Å². The van der Waals surface area contributed by atoms with Gasteiger partial charge < -0.3 is 20.7 Å². The molecule has 1 aromatic heterocycles. The van der Waals surface area contributed by atoms with Crippen molar-refractivity contribution in [2.45, 2.75) is 43.3 Å². The van der Waals surface area contributed by atoms with Crippen molar-refractivity contribution >= 4 is 46.7 Å². The number of anilines is 4. The molecule has 2 aromatic rings. The number of benzene rings is 1. The molecule has 1 aliphatic carbocycles. The van der Waals surface area contributed by atoms with E-state index in [-0.39, 0.29) is 0 Å². The van der Waals surface area contributed by atoms with E-state index in [1.54, 1.807) is 7.11 Å². The zero-order valence-corrected chi connectivity index (χ0v) is 20.0. The first-order valence-corrected chi connectivity index (χ1v) is 12.4. The van der Waals surface area contributed by atoms with Gasteiger partial charge in [0.05, 0.1) is 23.4 Å². The van der Waals surface area contributed by atoms with Crippen LogP contribution < -0.4 is 20.7 Å². The minimum absolute atomic E-state index is 0.532. The van der Waals surface area contributed by atoms with E-state index in [2.05, 4.69) is 41.9 Å². The predicted molar refractivity (Wildman–Crippen MR) is 134 cm³/mol. The number of thioether (sulfide) groups is 2. The van der Waals surface area contributed by atoms with Crippen LogP contribution >= 0.6 is 23.5 Å². The maximum Gasteiger partial charge on any atom is 0.229 e. The Labute approximate surface area is 192 Å². The third kappa shape index (κ3) is 5.13. The van der Waals surface area contributed by atoms with Gasteiger partial charge in [0.1, 0.15) is 11.6 Å². The lowest BCUT2D eigenvalue weighted by molar-refractivity contribution is 0.417. The fourth-order valence-corrected chi connectivity index (χ4v) is 5.58. The largest absolute Gasteiger partial charge is 0.495 e. The van der Waals surface area contributed by atoms with E-state index in [1.807, 2.05) is 48.8 Å². The first-order valence-electron chi connectivity index (χ1n) is 10.6. The predicted octanol–water partition coefficient (Wildman–Crippen LogP) is 6.03. The average Bonchev–Trinajstić information content (AvgIpc) is 3.23. The highest BCUT2D eigenvalue weighted by molar-refractivity contribution is 8.03. The van der Waals surface area contributed by atoms with Crippen LogP contribution in [-0.4, -0.2) is 35.1 Å². The van der Waals surface area contributed by atoms with Crippen LogP contribution in [0.4, 0.5) is 23.1 Å². The van der Waals surface area contributed by atoms with Gasteiger partial charge >= 0.3 is 0 Å². The van der Waals surface area contributed by atoms with Crippen molar-refractivity contribution < 1.29 is 4.74 Å². The molecule has 0 bridgehead atoms. The van der Waals surface area contributed by atoms with Crippen LogP contribution in [0.25, 0.3) is 0 Å². The molecule has 0 saturated carbocycles. The molecule has 0 radical (unpaired) electrons. The maximum absolute atomic E-state index is 5.53. The zero-order valence-electron chi connectivity index (χ0n) is 18.4. The molecular weight excluding hydrogens is 426 g/mol. The fourth-order valence-electron chi connectivity index (χ4n) is 3.55. The van der Waals surface area contributed by atoms with E-state index in [0.29, 0.717) is 11.2 Å². The van der Waals surface area contributed by atoms with E-state index >= 15 is 0 Å². The van der Waals surface area contributed by atoms with Gasteiger partial charge in [0.15, 0.2) is 0 Å². The molecule has 0 fully saturated rings. The standard InChI is InChI=1S/C23H29N5OS2/c1-14(2)31-20-8-6-5-7-16(20)25-22-21-17(11-12-30-21)26-23(28-22)27-18-13-15(24-3)9-10-19(18)29-4/h7-10,13-14,24H,5-6,11-12H2,1-4H3,(H2,25,26,27,28). The second-order valence-corrected chi connectivity index (χ2v) is 10.3. The quantitative estimate of drug-likeness (QED) is 0.445. The smallest absolute Gasteiger partial charge is 0.229 e. The van der Waals surface area contributed by atoms with E-state index in [1.165, 1.54) is 4.91 Å². The summed E-state index contributed by atoms with van der Waals surface area (Å²) in [6.07, 6.45) is 7.69. The number of ether oxygens (including phenoxy) is 1. The van der Waals surface area contributed by atoms with Gasteiger partial charge in [0.2, 0.25) is 5.95 Å². The first kappa shape index (κ1) is 21.9. The molecule has 8 heteroatoms. The molecule has 1 aromatic carbocycles. The van der Waals surface area contributed by atoms with Crippen LogP contribution in [0, 0.1) is 0 Å². The summed E-state index contributed by atoms with van der Waals surface area (Å²) >= 11 is 3.72. The number of methoxy groups -OCH3 is 1. The summed E-state index contributed by atoms with van der Waals surface area (Å²) in [6, 6.07) is 5.91. The second kappa shape index (κ2) is 9.87. The topological polar surface area (TPSA) is 71.1 Å². The molecule has 2 aliphatic rings. The van der Waals surface area contributed by atoms with Gasteiger partial charge in [-0.05, 0) is 31.0 Å². The third-order valence-corrected chi connectivity index (χ3v) is 7.22. The lowest BCUT2D eigenvalue weighted by Crippen LogP contribution is -2.10. The number of nitrogens with zero attached hydrogens (tertiary/aromatic N) is 2. The normalized spacial score (nSPS) is 15.3. The molecule has 0 saturated heterocycles. The first-order chi connectivity index (χ1) is 15.1. The zero-order chi connectivity index (χ0) is 21.8. The second-order valence-electron chi connectivity index (χ2n) is 7.62. The van der Waals surface area contributed by atoms with Gasteiger partial charge in [-0.15, -0.1) is 23.5 Å². The Morgan fingerprint density at radius 3 is 2.74 bits per heavy atom. The van der Waals surface area contributed by atoms with E-state index < -0.39 is 0 Å². The van der Waals surface area contributed by atoms with Crippen LogP contribution in [0.3, 0.4) is 0 Å². The van der Waals surface area contributed by atoms with Crippen molar-refractivity contribution in [1.29, 1.82) is 0 Å². The van der Waals surface area contributed by atoms with Gasteiger partial charge in [0.25, 0.3) is 0 Å². The maximum atomic E-state index is 5.53. The molecular formula is C23H29N5OS2. The van der Waals surface area contributed by atoms with Crippen molar-refractivity contribution in [3.63, 3.8) is 0 Å². The average molecular weight is 456 g/mol. The molecule has 164 valence electrons. The summed E-state index contributed by atoms with van der Waals surface area (Å²) in [5, 5.41) is 10.7. The van der Waals surface area contributed by atoms with Crippen molar-refractivity contribution in [3.05, 3.63) is 46.6 Å². The minimum Gasteiger partial charge on any atom is -0.495 e. The van der Waals surface area contributed by atoms with Crippen LogP contribution in [-0.2, 0) is 6.42 Å². The Morgan fingerprint density at radius 2 is 1.97 bits per heavy atom. The summed E-state index contributed by atoms with van der Waals surface area (Å²) in [7, 11) is 3.57. The Hall–Kier alpha value is -2.32. The monoisotopic (exact) mass is 455 g/mol. The van der Waals surface area contributed by atoms with Gasteiger partial charge in [0, 0.05) is 40.8 Å². The summed E-state index contributed by atoms with van der Waals surface area (Å²) in [4.78, 5) is 12.1. The molecule has 3 N–H and O–H groups in total. The SMILES string of the molecule is CNc1ccc(OC)c(Nc2nc3c(c(NC4=CCCC=C4SC(C)C)n2)SCC3)c1. The summed E-state index contributed by atoms with van der Waals surface area (Å²) in [6.45, 7) is 4.45. The number of hydrogen-bond donors (Lipinski definition) is 3. The molecule has 6 nitrogen and oxygen atoms in total. The highest BCUT2D eigenvalue weighted by atomic mass is 32.2. The number of rotatable bonds is 8. The Morgan fingerprint density at radius 1 is 1.13 bits per heavy atom. The highest BCUT2D eigenvalue weighted by Gasteiger charge is 2.23. The van der Waals surface area contributed by atoms with Crippen molar-refractivity contribution in [2.75, 3.05) is 35.9 Å². The molecule has 31 heavy (non-hydrogen) atoms. The van der Waals surface area contributed by atoms with Crippen LogP contribution in [0.2, 0.25) is 0 Å². The molecule has 4 rings (SSSR count). The fraction of sp³-hybridized carbons (Fsp3) is 0.391. The van der Waals surface area contributed by atoms with E-state index in [0.717, 1.165) is 64.2 Å². The molecule has 0 atom stereocenters. The lowest BCUT2D eigenvalue weighted by Gasteiger charge is -2.20. The Balaban J connectivity index is 1.65. The molecule has 0 unspecified atom stereocenters. The van der Waals surface area contributed by atoms with Gasteiger partial charge in [-0.1, -0.05) is 26.0 Å². The number of allylic oxidation sites excluding steroid dienone is 2. The van der Waals surface area contributed by atoms with Crippen molar-refractivity contribution in [2.24, 2.45) is 0 Å². The van der Waals surface area contributed by atoms with Gasteiger partial charge in [-0.3, -0.25) is 0 Å². The summed E-state index contributed by atoms with van der Waals surface area (Å²) in [5.41, 5.74) is 4.07. The number of aryl methyl sites for hydroxylation is 1. The lowest BCUT2D eigenvalue weighted by atomic mass is 10.1. The summed E-state index contributed by atoms with van der Waals surface area (Å²) in [5.74, 6) is 3.24. The number of hydrogen-bond acceptors (Lipinski definition) is 8. The van der Waals surface area contributed by atoms with Crippen LogP contribution in [0.15, 0.2) is 45.8 Å². The van der Waals surface area contributed by atoms with Crippen molar-refractivity contribution in [3.8, 4) is 5.75 Å². The highest BCUT2D eigenvalue weighted by Crippen LogP contribution is 2.40. The number of aromatic nitrogens is 2. The molecule has 1 aliphatic heterocycles. The Bertz CT molecular complexity index is 1020. The Kier molecular flexibility index (Phi) is 6.97. The molecule has 2 heterocycles. The third-order valence-electron chi connectivity index (χ3n) is 4.98. The summed E-state index contributed by atoms with van der Waals surface area (Å²) < 4.78 is 5.53. The van der Waals surface area contributed by atoms with Crippen molar-refractivity contribution in [1.82, 2.24) is 9.97 Å². The number of fused-ring (bicyclic) bond motifs is 1. The van der Waals surface area contributed by atoms with E-state index in [4.69, 9.17) is 14.7 Å². The number of nitrogens with one attached hydrogen (secondary N) is 3. The van der Waals surface area contributed by atoms with E-state index in [9.17, 15) is 0 Å². The molecule has 0 spiro atoms. The van der Waals surface area contributed by atoms with Crippen LogP contribution in [0.1, 0.15) is 32.4 Å².